The number of hydrogen-bond donors (Lipinski definition) is 1. The van der Waals surface area contributed by atoms with E-state index >= 15 is 0 Å². The number of anilines is 1. The summed E-state index contributed by atoms with van der Waals surface area (Å²) in [5, 5.41) is 2.30. The van der Waals surface area contributed by atoms with Gasteiger partial charge < -0.3 is 15.0 Å². The fourth-order valence-corrected chi connectivity index (χ4v) is 3.97. The Balaban J connectivity index is 1.86. The second kappa shape index (κ2) is 9.74. The molecule has 0 unspecified atom stereocenters. The lowest BCUT2D eigenvalue weighted by molar-refractivity contribution is -0.137. The minimum absolute atomic E-state index is 0.0166. The van der Waals surface area contributed by atoms with Crippen molar-refractivity contribution in [1.82, 2.24) is 10.2 Å². The van der Waals surface area contributed by atoms with E-state index in [1.807, 2.05) is 44.2 Å². The van der Waals surface area contributed by atoms with Crippen molar-refractivity contribution in [2.24, 2.45) is 0 Å². The lowest BCUT2D eigenvalue weighted by Gasteiger charge is -2.25. The first-order valence-electron chi connectivity index (χ1n) is 10.7. The van der Waals surface area contributed by atoms with Crippen molar-refractivity contribution in [2.45, 2.75) is 33.4 Å². The average molecular weight is 462 g/mol. The fraction of sp³-hybridized carbons (Fsp3) is 0.231. The molecule has 0 bridgehead atoms. The zero-order chi connectivity index (χ0) is 25.2. The van der Waals surface area contributed by atoms with Gasteiger partial charge in [0.2, 0.25) is 5.91 Å². The van der Waals surface area contributed by atoms with Crippen LogP contribution in [0.2, 0.25) is 0 Å². The van der Waals surface area contributed by atoms with Gasteiger partial charge in [-0.15, -0.1) is 0 Å². The molecule has 176 valence electrons. The lowest BCUT2D eigenvalue weighted by atomic mass is 9.96. The smallest absolute Gasteiger partial charge is 0.353 e. The standard InChI is InChI=1S/C26H27N3O5/c1-15(2)29(18(5)30)20-12-10-19(11-13-20)21-8-7-9-22-23(21)14-28(25(22)32)17(4)24(31)27-16(3)26(33)34-6/h7-13,15H,3-4,14H2,1-2,5-6H3,(H,27,31). The monoisotopic (exact) mass is 461 g/mol. The molecule has 1 aliphatic rings. The molecule has 3 rings (SSSR count). The first-order valence-corrected chi connectivity index (χ1v) is 10.7. The number of nitrogens with zero attached hydrogens (tertiary/aromatic N) is 2. The van der Waals surface area contributed by atoms with Crippen molar-refractivity contribution < 1.29 is 23.9 Å². The summed E-state index contributed by atoms with van der Waals surface area (Å²) in [6.45, 7) is 12.8. The molecule has 1 N–H and O–H groups in total. The quantitative estimate of drug-likeness (QED) is 0.504. The number of ether oxygens (including phenoxy) is 1. The van der Waals surface area contributed by atoms with E-state index in [2.05, 4.69) is 23.2 Å². The molecule has 0 radical (unpaired) electrons. The third-order valence-corrected chi connectivity index (χ3v) is 5.56. The van der Waals surface area contributed by atoms with Crippen LogP contribution in [0.4, 0.5) is 5.69 Å². The Labute approximate surface area is 198 Å². The van der Waals surface area contributed by atoms with Crippen molar-refractivity contribution in [3.8, 4) is 11.1 Å². The number of amides is 3. The summed E-state index contributed by atoms with van der Waals surface area (Å²) < 4.78 is 4.52. The van der Waals surface area contributed by atoms with Crippen molar-refractivity contribution >= 4 is 29.4 Å². The molecule has 0 aromatic heterocycles. The van der Waals surface area contributed by atoms with Crippen LogP contribution in [0.25, 0.3) is 11.1 Å². The number of methoxy groups -OCH3 is 1. The molecule has 8 heteroatoms. The van der Waals surface area contributed by atoms with Crippen LogP contribution in [-0.2, 0) is 25.7 Å². The number of nitrogens with one attached hydrogen (secondary N) is 1. The van der Waals surface area contributed by atoms with Crippen LogP contribution in [-0.4, -0.2) is 41.7 Å². The molecule has 0 atom stereocenters. The molecule has 0 saturated heterocycles. The second-order valence-electron chi connectivity index (χ2n) is 8.12. The van der Waals surface area contributed by atoms with Gasteiger partial charge in [0.1, 0.15) is 11.4 Å². The number of carbonyl (C=O) groups is 4. The molecule has 1 heterocycles. The molecule has 34 heavy (non-hydrogen) atoms. The Kier molecular flexibility index (Phi) is 7.00. The number of rotatable bonds is 7. The molecule has 2 aromatic carbocycles. The Morgan fingerprint density at radius 1 is 1.06 bits per heavy atom. The van der Waals surface area contributed by atoms with E-state index in [9.17, 15) is 19.2 Å². The molecule has 8 nitrogen and oxygen atoms in total. The predicted octanol–water partition coefficient (Wildman–Crippen LogP) is 3.39. The highest BCUT2D eigenvalue weighted by molar-refractivity contribution is 6.08. The average Bonchev–Trinajstić information content (AvgIpc) is 3.14. The Bertz CT molecular complexity index is 1200. The maximum absolute atomic E-state index is 13.0. The summed E-state index contributed by atoms with van der Waals surface area (Å²) in [6, 6.07) is 12.9. The zero-order valence-electron chi connectivity index (χ0n) is 19.7. The summed E-state index contributed by atoms with van der Waals surface area (Å²) >= 11 is 0. The molecule has 0 saturated carbocycles. The van der Waals surface area contributed by atoms with Gasteiger partial charge in [-0.1, -0.05) is 37.4 Å². The summed E-state index contributed by atoms with van der Waals surface area (Å²) in [6.07, 6.45) is 0. The zero-order valence-corrected chi connectivity index (χ0v) is 19.7. The van der Waals surface area contributed by atoms with E-state index in [0.29, 0.717) is 5.56 Å². The molecule has 3 amide bonds. The Morgan fingerprint density at radius 3 is 2.24 bits per heavy atom. The van der Waals surface area contributed by atoms with Crippen molar-refractivity contribution in [2.75, 3.05) is 12.0 Å². The van der Waals surface area contributed by atoms with Gasteiger partial charge in [0.15, 0.2) is 0 Å². The minimum atomic E-state index is -0.788. The highest BCUT2D eigenvalue weighted by Crippen LogP contribution is 2.35. The summed E-state index contributed by atoms with van der Waals surface area (Å²) in [7, 11) is 1.17. The van der Waals surface area contributed by atoms with Crippen LogP contribution >= 0.6 is 0 Å². The number of carbonyl (C=O) groups excluding carboxylic acids is 4. The molecule has 0 fully saturated rings. The van der Waals surface area contributed by atoms with Crippen LogP contribution in [0, 0.1) is 0 Å². The SMILES string of the molecule is C=C(NC(=O)C(=C)N1Cc2c(cccc2-c2ccc(N(C(C)=O)C(C)C)cc2)C1=O)C(=O)OC. The third kappa shape index (κ3) is 4.61. The predicted molar refractivity (Wildman–Crippen MR) is 128 cm³/mol. The summed E-state index contributed by atoms with van der Waals surface area (Å²) in [4.78, 5) is 52.0. The number of hydrogen-bond acceptors (Lipinski definition) is 5. The van der Waals surface area contributed by atoms with Gasteiger partial charge in [0.05, 0.1) is 13.7 Å². The molecule has 0 aliphatic carbocycles. The van der Waals surface area contributed by atoms with Gasteiger partial charge in [-0.25, -0.2) is 4.79 Å². The first-order chi connectivity index (χ1) is 16.1. The van der Waals surface area contributed by atoms with Gasteiger partial charge in [-0.3, -0.25) is 19.3 Å². The van der Waals surface area contributed by atoms with E-state index in [0.717, 1.165) is 22.4 Å². The normalized spacial score (nSPS) is 12.3. The van der Waals surface area contributed by atoms with Crippen LogP contribution in [0.15, 0.2) is 67.0 Å². The first kappa shape index (κ1) is 24.4. The topological polar surface area (TPSA) is 96.0 Å². The van der Waals surface area contributed by atoms with Gasteiger partial charge in [0, 0.05) is 24.2 Å². The van der Waals surface area contributed by atoms with Crippen LogP contribution in [0.5, 0.6) is 0 Å². The summed E-state index contributed by atoms with van der Waals surface area (Å²) in [5.41, 5.74) is 3.36. The largest absolute Gasteiger partial charge is 0.464 e. The highest BCUT2D eigenvalue weighted by Gasteiger charge is 2.33. The highest BCUT2D eigenvalue weighted by atomic mass is 16.5. The van der Waals surface area contributed by atoms with Crippen molar-refractivity contribution in [3.05, 3.63) is 78.1 Å². The van der Waals surface area contributed by atoms with E-state index in [-0.39, 0.29) is 35.8 Å². The molecule has 0 spiro atoms. The van der Waals surface area contributed by atoms with E-state index in [4.69, 9.17) is 0 Å². The Morgan fingerprint density at radius 2 is 1.68 bits per heavy atom. The van der Waals surface area contributed by atoms with Crippen molar-refractivity contribution in [3.63, 3.8) is 0 Å². The van der Waals surface area contributed by atoms with E-state index in [1.54, 1.807) is 17.0 Å². The summed E-state index contributed by atoms with van der Waals surface area (Å²) in [5.74, 6) is -1.92. The van der Waals surface area contributed by atoms with E-state index in [1.165, 1.54) is 18.9 Å². The van der Waals surface area contributed by atoms with Crippen LogP contribution in [0.1, 0.15) is 36.7 Å². The van der Waals surface area contributed by atoms with Gasteiger partial charge in [-0.2, -0.15) is 0 Å². The molecular weight excluding hydrogens is 434 g/mol. The van der Waals surface area contributed by atoms with Crippen molar-refractivity contribution in [1.29, 1.82) is 0 Å². The van der Waals surface area contributed by atoms with Gasteiger partial charge >= 0.3 is 5.97 Å². The second-order valence-corrected chi connectivity index (χ2v) is 8.12. The molecular formula is C26H27N3O5. The molecule has 1 aliphatic heterocycles. The third-order valence-electron chi connectivity index (χ3n) is 5.56. The van der Waals surface area contributed by atoms with Gasteiger partial charge in [0.25, 0.3) is 11.8 Å². The van der Waals surface area contributed by atoms with E-state index < -0.39 is 11.9 Å². The van der Waals surface area contributed by atoms with Gasteiger partial charge in [-0.05, 0) is 48.7 Å². The number of fused-ring (bicyclic) bond motifs is 1. The number of benzene rings is 2. The lowest BCUT2D eigenvalue weighted by Crippen LogP contribution is -2.36. The fourth-order valence-electron chi connectivity index (χ4n) is 3.97. The van der Waals surface area contributed by atoms with Crippen LogP contribution in [0.3, 0.4) is 0 Å². The number of esters is 1. The van der Waals surface area contributed by atoms with Crippen LogP contribution < -0.4 is 10.2 Å². The minimum Gasteiger partial charge on any atom is -0.464 e. The maximum Gasteiger partial charge on any atom is 0.353 e. The molecule has 2 aromatic rings. The maximum atomic E-state index is 13.0. The Hall–Kier alpha value is -4.20.